The molecule has 0 aliphatic heterocycles. The van der Waals surface area contributed by atoms with Crippen molar-refractivity contribution in [3.63, 3.8) is 0 Å². The molecule has 0 saturated carbocycles. The zero-order chi connectivity index (χ0) is 4.99. The Morgan fingerprint density at radius 3 is 2.33 bits per heavy atom. The largest absolute Gasteiger partial charge is 0.264 e. The average Bonchev–Trinajstić information content (AvgIpc) is 1.65. The first kappa shape index (κ1) is 6.31. The van der Waals surface area contributed by atoms with Crippen LogP contribution < -0.4 is 4.72 Å². The van der Waals surface area contributed by atoms with Gasteiger partial charge in [0, 0.05) is 6.04 Å². The number of thiol groups is 1. The highest BCUT2D eigenvalue weighted by atomic mass is 32.1. The Bertz CT molecular complexity index is 26.7. The van der Waals surface area contributed by atoms with Crippen molar-refractivity contribution in [1.82, 2.24) is 4.72 Å². The van der Waals surface area contributed by atoms with Crippen molar-refractivity contribution >= 4 is 12.8 Å². The van der Waals surface area contributed by atoms with E-state index in [0.717, 1.165) is 6.42 Å². The number of nitrogens with one attached hydrogen (secondary N) is 1. The van der Waals surface area contributed by atoms with E-state index >= 15 is 0 Å². The second-order valence-corrected chi connectivity index (χ2v) is 1.70. The predicted molar refractivity (Wildman–Crippen MR) is 31.9 cm³/mol. The molecule has 1 nitrogen and oxygen atoms in total. The summed E-state index contributed by atoms with van der Waals surface area (Å²) in [4.78, 5) is 0. The molecule has 0 fully saturated rings. The van der Waals surface area contributed by atoms with Gasteiger partial charge in [0.1, 0.15) is 0 Å². The molecule has 6 heavy (non-hydrogen) atoms. The molecule has 0 aliphatic rings. The van der Waals surface area contributed by atoms with Crippen LogP contribution in [-0.2, 0) is 0 Å². The van der Waals surface area contributed by atoms with Crippen molar-refractivity contribution in [2.45, 2.75) is 26.3 Å². The molecule has 0 aromatic carbocycles. The zero-order valence-corrected chi connectivity index (χ0v) is 5.13. The van der Waals surface area contributed by atoms with E-state index in [-0.39, 0.29) is 0 Å². The zero-order valence-electron chi connectivity index (χ0n) is 4.23. The number of rotatable bonds is 2. The van der Waals surface area contributed by atoms with Gasteiger partial charge in [-0.05, 0) is 13.3 Å². The van der Waals surface area contributed by atoms with Crippen molar-refractivity contribution in [2.24, 2.45) is 0 Å². The summed E-state index contributed by atoms with van der Waals surface area (Å²) < 4.78 is 2.81. The number of hydrogen-bond donors (Lipinski definition) is 2. The first-order valence-corrected chi connectivity index (χ1v) is 2.65. The summed E-state index contributed by atoms with van der Waals surface area (Å²) in [6.07, 6.45) is 1.14. The van der Waals surface area contributed by atoms with E-state index in [0.29, 0.717) is 6.04 Å². The van der Waals surface area contributed by atoms with Crippen molar-refractivity contribution in [3.8, 4) is 0 Å². The summed E-state index contributed by atoms with van der Waals surface area (Å²) in [5.41, 5.74) is 0. The van der Waals surface area contributed by atoms with Crippen LogP contribution in [0.3, 0.4) is 0 Å². The maximum Gasteiger partial charge on any atom is 0.0138 e. The van der Waals surface area contributed by atoms with Gasteiger partial charge in [-0.3, -0.25) is 4.72 Å². The van der Waals surface area contributed by atoms with Gasteiger partial charge in [0.15, 0.2) is 0 Å². The standard InChI is InChI=1S/C4H11NS/c1-3-4(2)5-6/h4-6H,3H2,1-2H3. The van der Waals surface area contributed by atoms with Gasteiger partial charge >= 0.3 is 0 Å². The molecule has 1 N–H and O–H groups in total. The smallest absolute Gasteiger partial charge is 0.0138 e. The molecule has 0 aliphatic carbocycles. The lowest BCUT2D eigenvalue weighted by Crippen LogP contribution is -2.13. The molecule has 0 bridgehead atoms. The molecule has 0 spiro atoms. The lowest BCUT2D eigenvalue weighted by molar-refractivity contribution is 0.672. The molecule has 0 heterocycles. The SMILES string of the molecule is CCC(C)NS. The topological polar surface area (TPSA) is 12.0 Å². The highest BCUT2D eigenvalue weighted by Gasteiger charge is 1.87. The van der Waals surface area contributed by atoms with Crippen LogP contribution in [0.25, 0.3) is 0 Å². The minimum absolute atomic E-state index is 0.549. The Labute approximate surface area is 44.7 Å². The maximum atomic E-state index is 3.85. The first-order chi connectivity index (χ1) is 2.81. The molecule has 38 valence electrons. The Hall–Kier alpha value is 0.310. The Balaban J connectivity index is 2.75. The quantitative estimate of drug-likeness (QED) is 0.503. The van der Waals surface area contributed by atoms with Gasteiger partial charge in [0.05, 0.1) is 0 Å². The predicted octanol–water partition coefficient (Wildman–Crippen LogP) is 1.22. The van der Waals surface area contributed by atoms with E-state index in [9.17, 15) is 0 Å². The molecule has 1 unspecified atom stereocenters. The molecule has 0 saturated heterocycles. The van der Waals surface area contributed by atoms with Crippen LogP contribution in [0.2, 0.25) is 0 Å². The highest BCUT2D eigenvalue weighted by molar-refractivity contribution is 7.78. The van der Waals surface area contributed by atoms with E-state index in [1.165, 1.54) is 0 Å². The van der Waals surface area contributed by atoms with Crippen LogP contribution in [0.5, 0.6) is 0 Å². The molecule has 0 radical (unpaired) electrons. The van der Waals surface area contributed by atoms with Crippen molar-refractivity contribution in [3.05, 3.63) is 0 Å². The summed E-state index contributed by atoms with van der Waals surface area (Å²) in [6, 6.07) is 0.549. The fourth-order valence-corrected chi connectivity index (χ4v) is 0.274. The Morgan fingerprint density at radius 2 is 2.33 bits per heavy atom. The molecule has 0 aromatic heterocycles. The van der Waals surface area contributed by atoms with E-state index in [1.807, 2.05) is 0 Å². The Kier molecular flexibility index (Phi) is 3.68. The fourth-order valence-electron chi connectivity index (χ4n) is 0.0913. The minimum atomic E-state index is 0.549. The summed E-state index contributed by atoms with van der Waals surface area (Å²) in [6.45, 7) is 4.21. The van der Waals surface area contributed by atoms with Gasteiger partial charge < -0.3 is 0 Å². The lowest BCUT2D eigenvalue weighted by atomic mass is 10.3. The maximum absolute atomic E-state index is 3.85. The third kappa shape index (κ3) is 2.54. The third-order valence-corrected chi connectivity index (χ3v) is 1.27. The molecule has 2 heteroatoms. The average molecular weight is 105 g/mol. The minimum Gasteiger partial charge on any atom is -0.264 e. The van der Waals surface area contributed by atoms with Crippen LogP contribution in [0.1, 0.15) is 20.3 Å². The second-order valence-electron chi connectivity index (χ2n) is 1.44. The van der Waals surface area contributed by atoms with Gasteiger partial charge in [-0.15, -0.1) is 0 Å². The molecule has 0 rings (SSSR count). The molecule has 0 aromatic rings. The summed E-state index contributed by atoms with van der Waals surface area (Å²) in [5.74, 6) is 0. The fraction of sp³-hybridized carbons (Fsp3) is 1.00. The van der Waals surface area contributed by atoms with Gasteiger partial charge in [-0.25, -0.2) is 0 Å². The summed E-state index contributed by atoms with van der Waals surface area (Å²) >= 11 is 3.85. The molecule has 1 atom stereocenters. The van der Waals surface area contributed by atoms with Crippen LogP contribution in [0, 0.1) is 0 Å². The van der Waals surface area contributed by atoms with Crippen molar-refractivity contribution in [2.75, 3.05) is 0 Å². The van der Waals surface area contributed by atoms with E-state index in [2.05, 4.69) is 31.4 Å². The highest BCUT2D eigenvalue weighted by Crippen LogP contribution is 1.85. The van der Waals surface area contributed by atoms with Gasteiger partial charge in [-0.2, -0.15) is 0 Å². The second kappa shape index (κ2) is 3.50. The van der Waals surface area contributed by atoms with Gasteiger partial charge in [0.2, 0.25) is 0 Å². The van der Waals surface area contributed by atoms with Crippen LogP contribution in [-0.4, -0.2) is 6.04 Å². The normalized spacial score (nSPS) is 14.5. The van der Waals surface area contributed by atoms with E-state index < -0.39 is 0 Å². The van der Waals surface area contributed by atoms with Crippen LogP contribution >= 0.6 is 12.8 Å². The van der Waals surface area contributed by atoms with E-state index in [1.54, 1.807) is 0 Å². The van der Waals surface area contributed by atoms with Crippen molar-refractivity contribution < 1.29 is 0 Å². The first-order valence-electron chi connectivity index (χ1n) is 2.20. The molecular formula is C4H11NS. The molecular weight excluding hydrogens is 94.1 g/mol. The summed E-state index contributed by atoms with van der Waals surface area (Å²) in [7, 11) is 0. The monoisotopic (exact) mass is 105 g/mol. The summed E-state index contributed by atoms with van der Waals surface area (Å²) in [5, 5.41) is 0. The Morgan fingerprint density at radius 1 is 1.83 bits per heavy atom. The number of hydrogen-bond acceptors (Lipinski definition) is 2. The van der Waals surface area contributed by atoms with Crippen LogP contribution in [0.15, 0.2) is 0 Å². The van der Waals surface area contributed by atoms with Crippen LogP contribution in [0.4, 0.5) is 0 Å². The van der Waals surface area contributed by atoms with Gasteiger partial charge in [-0.1, -0.05) is 19.7 Å². The third-order valence-electron chi connectivity index (χ3n) is 0.833. The van der Waals surface area contributed by atoms with Gasteiger partial charge in [0.25, 0.3) is 0 Å². The lowest BCUT2D eigenvalue weighted by Gasteiger charge is -2.01. The van der Waals surface area contributed by atoms with E-state index in [4.69, 9.17) is 0 Å². The molecule has 0 amide bonds. The van der Waals surface area contributed by atoms with Crippen molar-refractivity contribution in [1.29, 1.82) is 0 Å².